The molecule has 0 spiro atoms. The minimum absolute atomic E-state index is 0.181. The summed E-state index contributed by atoms with van der Waals surface area (Å²) in [5.41, 5.74) is 5.56. The van der Waals surface area contributed by atoms with Gasteiger partial charge in [-0.2, -0.15) is 0 Å². The van der Waals surface area contributed by atoms with Gasteiger partial charge < -0.3 is 10.8 Å². The Hall–Kier alpha value is -1.56. The topological polar surface area (TPSA) is 80.4 Å². The molecule has 0 heterocycles. The quantitative estimate of drug-likeness (QED) is 0.840. The number of halogens is 1. The third-order valence-electron chi connectivity index (χ3n) is 2.17. The van der Waals surface area contributed by atoms with Crippen LogP contribution in [0.3, 0.4) is 0 Å². The maximum absolute atomic E-state index is 13.4. The van der Waals surface area contributed by atoms with Crippen LogP contribution in [0.15, 0.2) is 18.2 Å². The lowest BCUT2D eigenvalue weighted by molar-refractivity contribution is -0.136. The monoisotopic (exact) mass is 257 g/mol. The Morgan fingerprint density at radius 1 is 1.53 bits per heavy atom. The Morgan fingerprint density at radius 2 is 2.18 bits per heavy atom. The number of benzene rings is 1. The number of carboxylic acids is 1. The van der Waals surface area contributed by atoms with E-state index >= 15 is 0 Å². The van der Waals surface area contributed by atoms with Crippen molar-refractivity contribution >= 4 is 23.6 Å². The number of aliphatic carboxylic acids is 1. The molecule has 3 N–H and O–H groups in total. The first-order chi connectivity index (χ1) is 7.91. The highest BCUT2D eigenvalue weighted by atomic mass is 32.2. The smallest absolute Gasteiger partial charge is 0.316 e. The van der Waals surface area contributed by atoms with Crippen molar-refractivity contribution in [2.45, 2.75) is 17.9 Å². The second-order valence-corrected chi connectivity index (χ2v) is 4.79. The van der Waals surface area contributed by atoms with Crippen molar-refractivity contribution in [3.8, 4) is 0 Å². The Morgan fingerprint density at radius 3 is 2.71 bits per heavy atom. The molecule has 1 rings (SSSR count). The second kappa shape index (κ2) is 5.67. The van der Waals surface area contributed by atoms with Gasteiger partial charge in [0.2, 0.25) is 5.91 Å². The van der Waals surface area contributed by atoms with Crippen LogP contribution in [0, 0.1) is 5.82 Å². The summed E-state index contributed by atoms with van der Waals surface area (Å²) in [6.45, 7) is 1.52. The van der Waals surface area contributed by atoms with Crippen molar-refractivity contribution in [2.75, 3.05) is 0 Å². The molecule has 0 fully saturated rings. The van der Waals surface area contributed by atoms with E-state index in [0.717, 1.165) is 17.8 Å². The zero-order valence-electron chi connectivity index (χ0n) is 9.14. The lowest BCUT2D eigenvalue weighted by atomic mass is 10.1. The molecule has 1 aromatic rings. The zero-order valence-corrected chi connectivity index (χ0v) is 9.96. The number of rotatable bonds is 5. The van der Waals surface area contributed by atoms with Crippen LogP contribution in [-0.2, 0) is 10.5 Å². The number of nitrogens with two attached hydrogens (primary N) is 1. The van der Waals surface area contributed by atoms with Crippen LogP contribution in [0.5, 0.6) is 0 Å². The van der Waals surface area contributed by atoms with Crippen LogP contribution in [0.25, 0.3) is 0 Å². The SMILES string of the molecule is CC(SCc1cc(C(N)=O)ccc1F)C(=O)O. The number of primary amides is 1. The molecule has 17 heavy (non-hydrogen) atoms. The molecule has 1 unspecified atom stereocenters. The molecule has 92 valence electrons. The minimum Gasteiger partial charge on any atom is -0.480 e. The molecule has 4 nitrogen and oxygen atoms in total. The molecule has 6 heteroatoms. The van der Waals surface area contributed by atoms with Gasteiger partial charge in [-0.1, -0.05) is 0 Å². The van der Waals surface area contributed by atoms with E-state index in [0.29, 0.717) is 0 Å². The molecule has 0 bridgehead atoms. The molecule has 0 radical (unpaired) electrons. The van der Waals surface area contributed by atoms with Crippen molar-refractivity contribution in [3.63, 3.8) is 0 Å². The molecule has 0 saturated heterocycles. The lowest BCUT2D eigenvalue weighted by Crippen LogP contribution is -2.13. The minimum atomic E-state index is -0.957. The number of hydrogen-bond donors (Lipinski definition) is 2. The molecule has 1 aromatic carbocycles. The Bertz CT molecular complexity index is 450. The van der Waals surface area contributed by atoms with Gasteiger partial charge in [0.15, 0.2) is 0 Å². The number of carbonyl (C=O) groups excluding carboxylic acids is 1. The summed E-state index contributed by atoms with van der Waals surface area (Å²) in [5.74, 6) is -1.88. The van der Waals surface area contributed by atoms with Crippen LogP contribution in [0.1, 0.15) is 22.8 Å². The van der Waals surface area contributed by atoms with Crippen LogP contribution in [0.4, 0.5) is 4.39 Å². The highest BCUT2D eigenvalue weighted by Crippen LogP contribution is 2.21. The third-order valence-corrected chi connectivity index (χ3v) is 3.35. The van der Waals surface area contributed by atoms with E-state index in [9.17, 15) is 14.0 Å². The number of hydrogen-bond acceptors (Lipinski definition) is 3. The molecule has 1 amide bonds. The number of carbonyl (C=O) groups is 2. The maximum Gasteiger partial charge on any atom is 0.316 e. The van der Waals surface area contributed by atoms with Crippen LogP contribution in [-0.4, -0.2) is 22.2 Å². The second-order valence-electron chi connectivity index (χ2n) is 3.46. The summed E-state index contributed by atoms with van der Waals surface area (Å²) in [7, 11) is 0. The average Bonchev–Trinajstić information content (AvgIpc) is 2.26. The largest absolute Gasteiger partial charge is 0.480 e. The first-order valence-electron chi connectivity index (χ1n) is 4.84. The lowest BCUT2D eigenvalue weighted by Gasteiger charge is -2.07. The summed E-state index contributed by atoms with van der Waals surface area (Å²) in [6.07, 6.45) is 0. The molecule has 0 aliphatic heterocycles. The summed E-state index contributed by atoms with van der Waals surface area (Å²) in [6, 6.07) is 3.80. The van der Waals surface area contributed by atoms with Gasteiger partial charge >= 0.3 is 5.97 Å². The molecule has 0 aliphatic rings. The highest BCUT2D eigenvalue weighted by Gasteiger charge is 2.13. The zero-order chi connectivity index (χ0) is 13.0. The number of thioether (sulfide) groups is 1. The Balaban J connectivity index is 2.79. The van der Waals surface area contributed by atoms with E-state index in [4.69, 9.17) is 10.8 Å². The summed E-state index contributed by atoms with van der Waals surface area (Å²) in [5, 5.41) is 8.05. The third kappa shape index (κ3) is 3.74. The van der Waals surface area contributed by atoms with Crippen LogP contribution < -0.4 is 5.73 Å². The fraction of sp³-hybridized carbons (Fsp3) is 0.273. The van der Waals surface area contributed by atoms with E-state index in [1.165, 1.54) is 19.1 Å². The molecular weight excluding hydrogens is 245 g/mol. The van der Waals surface area contributed by atoms with E-state index in [1.807, 2.05) is 0 Å². The first-order valence-corrected chi connectivity index (χ1v) is 5.89. The van der Waals surface area contributed by atoms with Crippen LogP contribution in [0.2, 0.25) is 0 Å². The van der Waals surface area contributed by atoms with Gasteiger partial charge in [-0.15, -0.1) is 11.8 Å². The van der Waals surface area contributed by atoms with Gasteiger partial charge in [0.25, 0.3) is 0 Å². The van der Waals surface area contributed by atoms with Gasteiger partial charge in [0.05, 0.1) is 5.25 Å². The normalized spacial score (nSPS) is 12.1. The maximum atomic E-state index is 13.4. The van der Waals surface area contributed by atoms with E-state index in [2.05, 4.69) is 0 Å². The Kier molecular flexibility index (Phi) is 4.51. The number of amides is 1. The van der Waals surface area contributed by atoms with Crippen molar-refractivity contribution in [2.24, 2.45) is 5.73 Å². The van der Waals surface area contributed by atoms with E-state index in [-0.39, 0.29) is 16.9 Å². The summed E-state index contributed by atoms with van der Waals surface area (Å²) in [4.78, 5) is 21.5. The summed E-state index contributed by atoms with van der Waals surface area (Å²) >= 11 is 1.08. The van der Waals surface area contributed by atoms with Crippen LogP contribution >= 0.6 is 11.8 Å². The molecule has 0 aliphatic carbocycles. The molecule has 0 saturated carbocycles. The fourth-order valence-electron chi connectivity index (χ4n) is 1.12. The predicted octanol–water partition coefficient (Wildman–Crippen LogP) is 1.63. The van der Waals surface area contributed by atoms with Gasteiger partial charge in [0, 0.05) is 11.3 Å². The van der Waals surface area contributed by atoms with E-state index < -0.39 is 22.9 Å². The van der Waals surface area contributed by atoms with Crippen molar-refractivity contribution in [1.82, 2.24) is 0 Å². The van der Waals surface area contributed by atoms with Crippen molar-refractivity contribution in [1.29, 1.82) is 0 Å². The fourth-order valence-corrected chi connectivity index (χ4v) is 1.92. The Labute approximate surface area is 102 Å². The predicted molar refractivity (Wildman–Crippen MR) is 63.3 cm³/mol. The molecule has 1 atom stereocenters. The number of carboxylic acid groups (broad SMARTS) is 1. The summed E-state index contributed by atoms with van der Waals surface area (Å²) < 4.78 is 13.4. The highest BCUT2D eigenvalue weighted by molar-refractivity contribution is 7.99. The van der Waals surface area contributed by atoms with Gasteiger partial charge in [-0.05, 0) is 30.7 Å². The van der Waals surface area contributed by atoms with Crippen molar-refractivity contribution in [3.05, 3.63) is 35.1 Å². The van der Waals surface area contributed by atoms with Gasteiger partial charge in [-0.25, -0.2) is 4.39 Å². The van der Waals surface area contributed by atoms with Gasteiger partial charge in [0.1, 0.15) is 5.82 Å². The average molecular weight is 257 g/mol. The van der Waals surface area contributed by atoms with Gasteiger partial charge in [-0.3, -0.25) is 9.59 Å². The van der Waals surface area contributed by atoms with Crippen molar-refractivity contribution < 1.29 is 19.1 Å². The first kappa shape index (κ1) is 13.5. The molecule has 0 aromatic heterocycles. The van der Waals surface area contributed by atoms with E-state index in [1.54, 1.807) is 0 Å². The standard InChI is InChI=1S/C11H12FNO3S/c1-6(11(15)16)17-5-8-4-7(10(13)14)2-3-9(8)12/h2-4,6H,5H2,1H3,(H2,13,14)(H,15,16). The molecular formula is C11H12FNO3S.